The Bertz CT molecular complexity index is 1110. The molecule has 2 atom stereocenters. The molecule has 33 heavy (non-hydrogen) atoms. The second-order valence-electron chi connectivity index (χ2n) is 7.78. The van der Waals surface area contributed by atoms with Crippen LogP contribution >= 0.6 is 11.8 Å². The Kier molecular flexibility index (Phi) is 6.93. The summed E-state index contributed by atoms with van der Waals surface area (Å²) < 4.78 is 5.21. The van der Waals surface area contributed by atoms with Gasteiger partial charge in [0.25, 0.3) is 5.91 Å². The van der Waals surface area contributed by atoms with Crippen molar-refractivity contribution in [3.63, 3.8) is 0 Å². The highest BCUT2D eigenvalue weighted by Crippen LogP contribution is 2.34. The van der Waals surface area contributed by atoms with E-state index in [1.54, 1.807) is 12.1 Å². The van der Waals surface area contributed by atoms with E-state index < -0.39 is 6.04 Å². The first-order chi connectivity index (χ1) is 16.0. The lowest BCUT2D eigenvalue weighted by molar-refractivity contribution is -0.128. The van der Waals surface area contributed by atoms with Gasteiger partial charge in [-0.1, -0.05) is 30.8 Å². The van der Waals surface area contributed by atoms with Crippen molar-refractivity contribution < 1.29 is 18.8 Å². The van der Waals surface area contributed by atoms with Gasteiger partial charge in [0.2, 0.25) is 11.8 Å². The molecule has 0 saturated heterocycles. The Morgan fingerprint density at radius 1 is 1.21 bits per heavy atom. The number of carbonyl (C=O) groups is 3. The SMILES string of the molecule is CCC(C)NC(=O)CSC1=Nc2ccccc2C2=NC(CC(=O)NCc3ccco3)C(=O)N12. The normalized spacial score (nSPS) is 17.6. The molecule has 0 fully saturated rings. The predicted octanol–water partition coefficient (Wildman–Crippen LogP) is 2.59. The first kappa shape index (κ1) is 22.8. The fraction of sp³-hybridized carbons (Fsp3) is 0.348. The molecule has 0 aliphatic carbocycles. The van der Waals surface area contributed by atoms with Crippen molar-refractivity contribution in [3.05, 3.63) is 54.0 Å². The number of benzene rings is 1. The maximum atomic E-state index is 13.2. The second kappa shape index (κ2) is 10.0. The summed E-state index contributed by atoms with van der Waals surface area (Å²) in [5.41, 5.74) is 1.39. The van der Waals surface area contributed by atoms with Gasteiger partial charge in [0, 0.05) is 11.6 Å². The highest BCUT2D eigenvalue weighted by atomic mass is 32.2. The third kappa shape index (κ3) is 5.16. The molecule has 0 radical (unpaired) electrons. The Morgan fingerprint density at radius 2 is 2.03 bits per heavy atom. The van der Waals surface area contributed by atoms with E-state index in [2.05, 4.69) is 20.6 Å². The number of fused-ring (bicyclic) bond motifs is 3. The van der Waals surface area contributed by atoms with Gasteiger partial charge < -0.3 is 15.1 Å². The molecule has 2 aliphatic rings. The van der Waals surface area contributed by atoms with Crippen molar-refractivity contribution in [3.8, 4) is 0 Å². The Labute approximate surface area is 195 Å². The van der Waals surface area contributed by atoms with Crippen LogP contribution in [0.25, 0.3) is 0 Å². The largest absolute Gasteiger partial charge is 0.467 e. The number of rotatable bonds is 8. The topological polar surface area (TPSA) is 116 Å². The van der Waals surface area contributed by atoms with Crippen molar-refractivity contribution in [1.29, 1.82) is 0 Å². The van der Waals surface area contributed by atoms with Gasteiger partial charge in [-0.2, -0.15) is 0 Å². The summed E-state index contributed by atoms with van der Waals surface area (Å²) in [5.74, 6) is 0.438. The molecule has 0 bridgehead atoms. The Hall–Kier alpha value is -3.40. The van der Waals surface area contributed by atoms with Crippen molar-refractivity contribution in [2.75, 3.05) is 5.75 Å². The van der Waals surface area contributed by atoms with Crippen molar-refractivity contribution in [2.24, 2.45) is 9.98 Å². The van der Waals surface area contributed by atoms with Gasteiger partial charge in [-0.3, -0.25) is 19.4 Å². The first-order valence-electron chi connectivity index (χ1n) is 10.8. The molecule has 172 valence electrons. The number of carbonyl (C=O) groups excluding carboxylic acids is 3. The second-order valence-corrected chi connectivity index (χ2v) is 8.72. The van der Waals surface area contributed by atoms with Crippen LogP contribution < -0.4 is 10.6 Å². The number of para-hydroxylation sites is 1. The number of thioether (sulfide) groups is 1. The lowest BCUT2D eigenvalue weighted by Crippen LogP contribution is -2.42. The van der Waals surface area contributed by atoms with E-state index >= 15 is 0 Å². The zero-order valence-electron chi connectivity index (χ0n) is 18.4. The van der Waals surface area contributed by atoms with Crippen molar-refractivity contribution in [1.82, 2.24) is 15.5 Å². The summed E-state index contributed by atoms with van der Waals surface area (Å²) in [4.78, 5) is 48.5. The monoisotopic (exact) mass is 467 g/mol. The maximum absolute atomic E-state index is 13.2. The summed E-state index contributed by atoms with van der Waals surface area (Å²) in [5, 5.41) is 6.04. The van der Waals surface area contributed by atoms with Crippen molar-refractivity contribution in [2.45, 2.75) is 45.3 Å². The predicted molar refractivity (Wildman–Crippen MR) is 126 cm³/mol. The third-order valence-electron chi connectivity index (χ3n) is 5.32. The molecule has 2 aliphatic heterocycles. The first-order valence-corrected chi connectivity index (χ1v) is 11.8. The lowest BCUT2D eigenvalue weighted by Gasteiger charge is -2.25. The van der Waals surface area contributed by atoms with Crippen LogP contribution in [0.5, 0.6) is 0 Å². The number of furan rings is 1. The number of amides is 3. The summed E-state index contributed by atoms with van der Waals surface area (Å²) in [6.07, 6.45) is 2.27. The zero-order chi connectivity index (χ0) is 23.4. The number of hydrogen-bond acceptors (Lipinski definition) is 7. The quantitative estimate of drug-likeness (QED) is 0.619. The van der Waals surface area contributed by atoms with E-state index in [9.17, 15) is 14.4 Å². The summed E-state index contributed by atoms with van der Waals surface area (Å²) in [6, 6.07) is 10.1. The maximum Gasteiger partial charge on any atom is 0.259 e. The van der Waals surface area contributed by atoms with E-state index in [0.29, 0.717) is 22.5 Å². The minimum absolute atomic E-state index is 0.0710. The molecule has 2 aromatic rings. The van der Waals surface area contributed by atoms with Gasteiger partial charge in [0.15, 0.2) is 5.17 Å². The molecule has 0 spiro atoms. The smallest absolute Gasteiger partial charge is 0.259 e. The van der Waals surface area contributed by atoms with E-state index in [4.69, 9.17) is 4.42 Å². The molecule has 1 aromatic carbocycles. The molecule has 2 N–H and O–H groups in total. The molecule has 2 unspecified atom stereocenters. The highest BCUT2D eigenvalue weighted by Gasteiger charge is 2.42. The third-order valence-corrected chi connectivity index (χ3v) is 6.26. The van der Waals surface area contributed by atoms with Crippen LogP contribution in [-0.2, 0) is 20.9 Å². The summed E-state index contributed by atoms with van der Waals surface area (Å²) in [6.45, 7) is 4.17. The van der Waals surface area contributed by atoms with Crippen LogP contribution in [0.4, 0.5) is 5.69 Å². The van der Waals surface area contributed by atoms with Crippen LogP contribution in [0.2, 0.25) is 0 Å². The molecular formula is C23H25N5O4S. The van der Waals surface area contributed by atoms with Crippen LogP contribution in [0.15, 0.2) is 57.1 Å². The number of aliphatic imine (C=N–C) groups is 2. The number of hydrogen-bond donors (Lipinski definition) is 2. The summed E-state index contributed by atoms with van der Waals surface area (Å²) >= 11 is 1.18. The van der Waals surface area contributed by atoms with Gasteiger partial charge in [0.05, 0.1) is 30.7 Å². The fourth-order valence-corrected chi connectivity index (χ4v) is 4.24. The minimum Gasteiger partial charge on any atom is -0.467 e. The zero-order valence-corrected chi connectivity index (χ0v) is 19.2. The summed E-state index contributed by atoms with van der Waals surface area (Å²) in [7, 11) is 0. The molecule has 9 nitrogen and oxygen atoms in total. The lowest BCUT2D eigenvalue weighted by atomic mass is 10.1. The molecule has 1 aromatic heterocycles. The molecule has 4 rings (SSSR count). The number of nitrogens with zero attached hydrogens (tertiary/aromatic N) is 3. The average Bonchev–Trinajstić information content (AvgIpc) is 3.44. The van der Waals surface area contributed by atoms with Crippen LogP contribution in [0, 0.1) is 0 Å². The molecule has 0 saturated carbocycles. The molecular weight excluding hydrogens is 442 g/mol. The van der Waals surface area contributed by atoms with E-state index in [0.717, 1.165) is 12.0 Å². The van der Waals surface area contributed by atoms with Gasteiger partial charge in [0.1, 0.15) is 17.6 Å². The molecule has 3 heterocycles. The van der Waals surface area contributed by atoms with E-state index in [1.807, 2.05) is 38.1 Å². The van der Waals surface area contributed by atoms with Gasteiger partial charge >= 0.3 is 0 Å². The van der Waals surface area contributed by atoms with Gasteiger partial charge in [-0.05, 0) is 37.6 Å². The van der Waals surface area contributed by atoms with Crippen LogP contribution in [0.1, 0.15) is 38.0 Å². The van der Waals surface area contributed by atoms with E-state index in [-0.39, 0.29) is 42.5 Å². The number of nitrogens with one attached hydrogen (secondary N) is 2. The van der Waals surface area contributed by atoms with Crippen molar-refractivity contribution >= 4 is 46.2 Å². The molecule has 10 heteroatoms. The fourth-order valence-electron chi connectivity index (χ4n) is 3.43. The van der Waals surface area contributed by atoms with Gasteiger partial charge in [-0.25, -0.2) is 9.89 Å². The van der Waals surface area contributed by atoms with Crippen LogP contribution in [-0.4, -0.2) is 51.5 Å². The minimum atomic E-state index is -0.859. The van der Waals surface area contributed by atoms with Gasteiger partial charge in [-0.15, -0.1) is 0 Å². The Morgan fingerprint density at radius 3 is 2.79 bits per heavy atom. The number of amidine groups is 2. The molecule has 3 amide bonds. The Balaban J connectivity index is 1.48. The standard InChI is InChI=1S/C23H25N5O4S/c1-3-14(2)25-20(30)13-33-23-27-17-9-5-4-8-16(17)21-26-18(22(31)28(21)23)11-19(29)24-12-15-7-6-10-32-15/h4-10,14,18H,3,11-13H2,1-2H3,(H,24,29)(H,25,30). The van der Waals surface area contributed by atoms with E-state index in [1.165, 1.54) is 22.9 Å². The van der Waals surface area contributed by atoms with Crippen LogP contribution in [0.3, 0.4) is 0 Å². The highest BCUT2D eigenvalue weighted by molar-refractivity contribution is 8.14. The average molecular weight is 468 g/mol.